The Kier molecular flexibility index (Phi) is 5.04. The van der Waals surface area contributed by atoms with Crippen molar-refractivity contribution in [1.82, 2.24) is 0 Å². The Morgan fingerprint density at radius 1 is 0.933 bits per heavy atom. The monoisotopic (exact) mass is 406 g/mol. The molecule has 158 valence electrons. The molecule has 0 amide bonds. The lowest BCUT2D eigenvalue weighted by Gasteiger charge is -2.37. The zero-order valence-electron chi connectivity index (χ0n) is 17.8. The van der Waals surface area contributed by atoms with E-state index in [0.717, 1.165) is 24.0 Å². The predicted octanol–water partition coefficient (Wildman–Crippen LogP) is 5.02. The SMILES string of the molecule is Cc1ccccc1C(=O)OC1C2CC(C3CCCC32)C1OC(=O)C1=CC=CCC1C. The first kappa shape index (κ1) is 19.6. The fourth-order valence-electron chi connectivity index (χ4n) is 6.49. The molecule has 5 rings (SSSR count). The molecule has 3 fully saturated rings. The smallest absolute Gasteiger partial charge is 0.338 e. The highest BCUT2D eigenvalue weighted by Gasteiger charge is 2.62. The average molecular weight is 407 g/mol. The molecule has 7 atom stereocenters. The van der Waals surface area contributed by atoms with Gasteiger partial charge in [0, 0.05) is 17.4 Å². The molecule has 0 saturated heterocycles. The van der Waals surface area contributed by atoms with E-state index in [2.05, 4.69) is 13.0 Å². The second-order valence-corrected chi connectivity index (χ2v) is 9.56. The van der Waals surface area contributed by atoms with Gasteiger partial charge in [0.05, 0.1) is 5.56 Å². The number of aryl methyl sites for hydroxylation is 1. The lowest BCUT2D eigenvalue weighted by molar-refractivity contribution is -0.158. The van der Waals surface area contributed by atoms with Crippen molar-refractivity contribution in [3.05, 3.63) is 59.2 Å². The number of esters is 2. The highest BCUT2D eigenvalue weighted by atomic mass is 16.6. The van der Waals surface area contributed by atoms with Crippen LogP contribution in [0.15, 0.2) is 48.1 Å². The van der Waals surface area contributed by atoms with Gasteiger partial charge in [-0.25, -0.2) is 9.59 Å². The van der Waals surface area contributed by atoms with Gasteiger partial charge in [-0.05, 0) is 62.0 Å². The van der Waals surface area contributed by atoms with Crippen molar-refractivity contribution >= 4 is 11.9 Å². The number of benzene rings is 1. The third kappa shape index (κ3) is 3.21. The minimum absolute atomic E-state index is 0.160. The summed E-state index contributed by atoms with van der Waals surface area (Å²) in [6.45, 7) is 3.98. The van der Waals surface area contributed by atoms with E-state index in [9.17, 15) is 9.59 Å². The van der Waals surface area contributed by atoms with Gasteiger partial charge in [0.2, 0.25) is 0 Å². The van der Waals surface area contributed by atoms with Crippen molar-refractivity contribution in [2.24, 2.45) is 29.6 Å². The van der Waals surface area contributed by atoms with Gasteiger partial charge in [-0.15, -0.1) is 0 Å². The molecule has 0 aliphatic heterocycles. The molecule has 1 aromatic carbocycles. The number of carbonyl (C=O) groups excluding carboxylic acids is 2. The summed E-state index contributed by atoms with van der Waals surface area (Å²) in [5.41, 5.74) is 2.24. The van der Waals surface area contributed by atoms with Crippen LogP contribution in [0.2, 0.25) is 0 Å². The fourth-order valence-corrected chi connectivity index (χ4v) is 6.49. The first-order valence-corrected chi connectivity index (χ1v) is 11.4. The number of allylic oxidation sites excluding steroid dienone is 3. The zero-order valence-corrected chi connectivity index (χ0v) is 17.8. The topological polar surface area (TPSA) is 52.6 Å². The van der Waals surface area contributed by atoms with Gasteiger partial charge in [0.25, 0.3) is 0 Å². The van der Waals surface area contributed by atoms with Crippen LogP contribution in [-0.4, -0.2) is 24.1 Å². The quantitative estimate of drug-likeness (QED) is 0.659. The molecule has 0 aromatic heterocycles. The molecule has 1 aromatic rings. The molecular weight excluding hydrogens is 376 g/mol. The summed E-state index contributed by atoms with van der Waals surface area (Å²) >= 11 is 0. The van der Waals surface area contributed by atoms with Crippen LogP contribution in [0, 0.1) is 36.5 Å². The summed E-state index contributed by atoms with van der Waals surface area (Å²) in [5, 5.41) is 0. The lowest BCUT2D eigenvalue weighted by Crippen LogP contribution is -2.45. The van der Waals surface area contributed by atoms with Gasteiger partial charge in [-0.3, -0.25) is 0 Å². The van der Waals surface area contributed by atoms with Crippen molar-refractivity contribution in [3.8, 4) is 0 Å². The first-order valence-electron chi connectivity index (χ1n) is 11.4. The van der Waals surface area contributed by atoms with Crippen LogP contribution >= 0.6 is 0 Å². The second-order valence-electron chi connectivity index (χ2n) is 9.56. The Morgan fingerprint density at radius 2 is 1.60 bits per heavy atom. The largest absolute Gasteiger partial charge is 0.455 e. The predicted molar refractivity (Wildman–Crippen MR) is 114 cm³/mol. The van der Waals surface area contributed by atoms with Gasteiger partial charge < -0.3 is 9.47 Å². The third-order valence-corrected chi connectivity index (χ3v) is 7.96. The van der Waals surface area contributed by atoms with Crippen molar-refractivity contribution in [2.75, 3.05) is 0 Å². The van der Waals surface area contributed by atoms with E-state index in [-0.39, 0.29) is 30.1 Å². The summed E-state index contributed by atoms with van der Waals surface area (Å²) in [7, 11) is 0. The summed E-state index contributed by atoms with van der Waals surface area (Å²) in [5.74, 6) is 1.47. The van der Waals surface area contributed by atoms with E-state index in [4.69, 9.17) is 9.47 Å². The van der Waals surface area contributed by atoms with Crippen molar-refractivity contribution in [3.63, 3.8) is 0 Å². The minimum atomic E-state index is -0.333. The van der Waals surface area contributed by atoms with Gasteiger partial charge in [-0.2, -0.15) is 0 Å². The van der Waals surface area contributed by atoms with Gasteiger partial charge >= 0.3 is 11.9 Å². The normalized spacial score (nSPS) is 36.3. The molecule has 0 radical (unpaired) electrons. The van der Waals surface area contributed by atoms with E-state index < -0.39 is 0 Å². The Morgan fingerprint density at radius 3 is 2.27 bits per heavy atom. The average Bonchev–Trinajstić information content (AvgIpc) is 3.42. The molecule has 30 heavy (non-hydrogen) atoms. The van der Waals surface area contributed by atoms with Crippen LogP contribution in [0.5, 0.6) is 0 Å². The van der Waals surface area contributed by atoms with Gasteiger partial charge in [0.15, 0.2) is 0 Å². The highest BCUT2D eigenvalue weighted by molar-refractivity contribution is 5.91. The third-order valence-electron chi connectivity index (χ3n) is 7.96. The number of ether oxygens (including phenoxy) is 2. The van der Waals surface area contributed by atoms with Crippen molar-refractivity contribution in [1.29, 1.82) is 0 Å². The molecule has 7 unspecified atom stereocenters. The lowest BCUT2D eigenvalue weighted by atomic mass is 9.78. The maximum absolute atomic E-state index is 13.0. The number of rotatable bonds is 4. The molecule has 4 nitrogen and oxygen atoms in total. The summed E-state index contributed by atoms with van der Waals surface area (Å²) < 4.78 is 12.2. The van der Waals surface area contributed by atoms with Gasteiger partial charge in [-0.1, -0.05) is 49.8 Å². The van der Waals surface area contributed by atoms with E-state index >= 15 is 0 Å². The summed E-state index contributed by atoms with van der Waals surface area (Å²) in [6, 6.07) is 7.52. The van der Waals surface area contributed by atoms with Crippen molar-refractivity contribution < 1.29 is 19.1 Å². The number of carbonyl (C=O) groups is 2. The zero-order chi connectivity index (χ0) is 20.8. The number of hydrogen-bond donors (Lipinski definition) is 0. The second kappa shape index (κ2) is 7.72. The minimum Gasteiger partial charge on any atom is -0.455 e. The van der Waals surface area contributed by atoms with E-state index in [0.29, 0.717) is 29.2 Å². The molecule has 4 heteroatoms. The molecule has 4 aliphatic carbocycles. The number of hydrogen-bond acceptors (Lipinski definition) is 4. The molecule has 3 saturated carbocycles. The van der Waals surface area contributed by atoms with Crippen LogP contribution in [0.25, 0.3) is 0 Å². The van der Waals surface area contributed by atoms with Crippen molar-refractivity contribution in [2.45, 2.75) is 58.2 Å². The number of fused-ring (bicyclic) bond motifs is 5. The van der Waals surface area contributed by atoms with Crippen LogP contribution in [0.4, 0.5) is 0 Å². The van der Waals surface area contributed by atoms with Crippen LogP contribution in [-0.2, 0) is 14.3 Å². The van der Waals surface area contributed by atoms with E-state index in [1.807, 2.05) is 43.3 Å². The Balaban J connectivity index is 1.39. The van der Waals surface area contributed by atoms with E-state index in [1.165, 1.54) is 19.3 Å². The van der Waals surface area contributed by atoms with Crippen LogP contribution in [0.3, 0.4) is 0 Å². The maximum atomic E-state index is 13.0. The standard InChI is InChI=1S/C26H30O4/c1-15-8-3-5-10-17(15)25(27)29-23-21-14-22(20-13-7-12-19(20)21)24(23)30-26(28)18-11-6-4-9-16(18)2/h3-6,8,10-11,16,19-24H,7,9,12-14H2,1-2H3. The van der Waals surface area contributed by atoms with E-state index in [1.54, 1.807) is 0 Å². The Labute approximate surface area is 178 Å². The molecule has 4 aliphatic rings. The Hall–Kier alpha value is -2.36. The highest BCUT2D eigenvalue weighted by Crippen LogP contribution is 2.60. The van der Waals surface area contributed by atoms with Crippen LogP contribution < -0.4 is 0 Å². The molecule has 0 N–H and O–H groups in total. The molecule has 0 spiro atoms. The summed E-state index contributed by atoms with van der Waals surface area (Å²) in [6.07, 6.45) is 10.7. The molecule has 0 heterocycles. The van der Waals surface area contributed by atoms with Gasteiger partial charge in [0.1, 0.15) is 12.2 Å². The molecule has 2 bridgehead atoms. The Bertz CT molecular complexity index is 913. The maximum Gasteiger partial charge on any atom is 0.338 e. The molecular formula is C26H30O4. The summed E-state index contributed by atoms with van der Waals surface area (Å²) in [4.78, 5) is 26.0. The fraction of sp³-hybridized carbons (Fsp3) is 0.538. The van der Waals surface area contributed by atoms with Crippen LogP contribution in [0.1, 0.15) is 54.9 Å². The first-order chi connectivity index (χ1) is 14.5.